The highest BCUT2D eigenvalue weighted by Gasteiger charge is 2.41. The van der Waals surface area contributed by atoms with Gasteiger partial charge in [0.15, 0.2) is 0 Å². The maximum atomic E-state index is 12.4. The fourth-order valence-electron chi connectivity index (χ4n) is 6.60. The van der Waals surface area contributed by atoms with Crippen molar-refractivity contribution in [2.75, 3.05) is 26.2 Å². The zero-order valence-corrected chi connectivity index (χ0v) is 20.0. The van der Waals surface area contributed by atoms with Crippen LogP contribution < -0.4 is 5.73 Å². The van der Waals surface area contributed by atoms with E-state index < -0.39 is 6.61 Å². The van der Waals surface area contributed by atoms with Crippen LogP contribution in [0.2, 0.25) is 0 Å². The average molecular weight is 456 g/mol. The molecule has 2 heterocycles. The van der Waals surface area contributed by atoms with Crippen molar-refractivity contribution < 1.29 is 14.7 Å². The number of fused-ring (bicyclic) bond motifs is 2. The number of carbonyl (C=O) groups is 2. The molecular formula is C27H41N3O3. The molecule has 2 aliphatic heterocycles. The first-order valence-electron chi connectivity index (χ1n) is 13.1. The molecule has 0 unspecified atom stereocenters. The van der Waals surface area contributed by atoms with Gasteiger partial charge in [0.25, 0.3) is 0 Å². The van der Waals surface area contributed by atoms with Crippen molar-refractivity contribution in [2.45, 2.75) is 88.6 Å². The smallest absolute Gasteiger partial charge is 0.248 e. The summed E-state index contributed by atoms with van der Waals surface area (Å²) in [6, 6.07) is 8.88. The standard InChI is InChI=1S/C27H41N3O3/c28-27(33)22-10-4-9-21(16-22)23-17-24-11-12-25(18-23)30(24)15-14-29(26(32)19-31)13-5-8-20-6-2-1-3-7-20/h4,9-10,16,20,23-25,31H,1-3,5-8,11-15,17-19H2,(H2,28,33)/t23-,24+,25-. The van der Waals surface area contributed by atoms with Gasteiger partial charge >= 0.3 is 0 Å². The zero-order valence-electron chi connectivity index (χ0n) is 20.0. The molecule has 0 radical (unpaired) electrons. The van der Waals surface area contributed by atoms with Gasteiger partial charge in [0.2, 0.25) is 11.8 Å². The summed E-state index contributed by atoms with van der Waals surface area (Å²) < 4.78 is 0. The summed E-state index contributed by atoms with van der Waals surface area (Å²) in [4.78, 5) is 28.5. The number of nitrogens with zero attached hydrogens (tertiary/aromatic N) is 2. The lowest BCUT2D eigenvalue weighted by molar-refractivity contribution is -0.134. The molecule has 33 heavy (non-hydrogen) atoms. The molecule has 1 aliphatic carbocycles. The predicted octanol–water partition coefficient (Wildman–Crippen LogP) is 3.68. The van der Waals surface area contributed by atoms with Gasteiger partial charge in [0, 0.05) is 37.3 Å². The molecule has 6 heteroatoms. The lowest BCUT2D eigenvalue weighted by Crippen LogP contribution is -2.47. The Morgan fingerprint density at radius 3 is 2.42 bits per heavy atom. The molecule has 4 rings (SSSR count). The van der Waals surface area contributed by atoms with E-state index in [2.05, 4.69) is 11.0 Å². The number of aliphatic hydroxyl groups is 1. The van der Waals surface area contributed by atoms with Crippen molar-refractivity contribution in [3.05, 3.63) is 35.4 Å². The van der Waals surface area contributed by atoms with Gasteiger partial charge in [-0.1, -0.05) is 44.2 Å². The summed E-state index contributed by atoms with van der Waals surface area (Å²) in [6.07, 6.45) is 13.6. The van der Waals surface area contributed by atoms with Crippen molar-refractivity contribution in [3.8, 4) is 0 Å². The van der Waals surface area contributed by atoms with Gasteiger partial charge in [-0.15, -0.1) is 0 Å². The Hall–Kier alpha value is -1.92. The molecule has 6 nitrogen and oxygen atoms in total. The van der Waals surface area contributed by atoms with Crippen LogP contribution in [0.5, 0.6) is 0 Å². The Morgan fingerprint density at radius 2 is 1.76 bits per heavy atom. The van der Waals surface area contributed by atoms with E-state index in [1.807, 2.05) is 17.0 Å². The molecule has 3 atom stereocenters. The van der Waals surface area contributed by atoms with Crippen LogP contribution in [0.4, 0.5) is 0 Å². The molecule has 0 spiro atoms. The molecule has 182 valence electrons. The number of nitrogens with two attached hydrogens (primary N) is 1. The Balaban J connectivity index is 1.29. The number of piperidine rings is 1. The predicted molar refractivity (Wildman–Crippen MR) is 130 cm³/mol. The molecule has 0 aromatic heterocycles. The number of carbonyl (C=O) groups excluding carboxylic acids is 2. The van der Waals surface area contributed by atoms with Crippen LogP contribution in [0, 0.1) is 5.92 Å². The second-order valence-corrected chi connectivity index (χ2v) is 10.5. The molecule has 3 aliphatic rings. The molecule has 2 amide bonds. The Labute approximate surface area is 198 Å². The molecule has 2 bridgehead atoms. The number of rotatable bonds is 10. The number of aliphatic hydroxyl groups excluding tert-OH is 1. The third kappa shape index (κ3) is 6.15. The van der Waals surface area contributed by atoms with Gasteiger partial charge in [-0.25, -0.2) is 0 Å². The monoisotopic (exact) mass is 455 g/mol. The third-order valence-electron chi connectivity index (χ3n) is 8.41. The Bertz CT molecular complexity index is 794. The summed E-state index contributed by atoms with van der Waals surface area (Å²) in [5, 5.41) is 9.49. The topological polar surface area (TPSA) is 86.9 Å². The van der Waals surface area contributed by atoms with E-state index in [9.17, 15) is 14.7 Å². The second kappa shape index (κ2) is 11.5. The minimum absolute atomic E-state index is 0.135. The van der Waals surface area contributed by atoms with Crippen LogP contribution in [0.3, 0.4) is 0 Å². The highest BCUT2D eigenvalue weighted by molar-refractivity contribution is 5.92. The molecule has 3 N–H and O–H groups in total. The number of hydrogen-bond donors (Lipinski definition) is 2. The lowest BCUT2D eigenvalue weighted by Gasteiger charge is -2.40. The quantitative estimate of drug-likeness (QED) is 0.563. The molecule has 1 saturated carbocycles. The van der Waals surface area contributed by atoms with Crippen LogP contribution in [0.15, 0.2) is 24.3 Å². The van der Waals surface area contributed by atoms with E-state index in [0.717, 1.165) is 38.3 Å². The molecule has 3 fully saturated rings. The van der Waals surface area contributed by atoms with Crippen LogP contribution in [0.1, 0.15) is 92.5 Å². The zero-order chi connectivity index (χ0) is 23.2. The van der Waals surface area contributed by atoms with Crippen LogP contribution in [-0.2, 0) is 4.79 Å². The van der Waals surface area contributed by atoms with E-state index >= 15 is 0 Å². The SMILES string of the molecule is NC(=O)c1cccc([C@H]2C[C@H]3CC[C@@H](C2)N3CCN(CCCC2CCCCC2)C(=O)CO)c1. The first-order valence-corrected chi connectivity index (χ1v) is 13.1. The lowest BCUT2D eigenvalue weighted by atomic mass is 9.84. The van der Waals surface area contributed by atoms with E-state index in [-0.39, 0.29) is 11.8 Å². The van der Waals surface area contributed by atoms with Gasteiger partial charge in [-0.05, 0) is 68.1 Å². The summed E-state index contributed by atoms with van der Waals surface area (Å²) in [6.45, 7) is 1.97. The Kier molecular flexibility index (Phi) is 8.42. The summed E-state index contributed by atoms with van der Waals surface area (Å²) in [5.74, 6) is 0.787. The number of amides is 2. The Morgan fingerprint density at radius 1 is 1.03 bits per heavy atom. The average Bonchev–Trinajstić information content (AvgIpc) is 3.07. The van der Waals surface area contributed by atoms with Crippen molar-refractivity contribution in [2.24, 2.45) is 11.7 Å². The molecule has 1 aromatic rings. The van der Waals surface area contributed by atoms with Gasteiger partial charge in [-0.3, -0.25) is 14.5 Å². The largest absolute Gasteiger partial charge is 0.387 e. The van der Waals surface area contributed by atoms with E-state index in [1.54, 1.807) is 6.07 Å². The van der Waals surface area contributed by atoms with Crippen LogP contribution in [0.25, 0.3) is 0 Å². The number of benzene rings is 1. The first-order chi connectivity index (χ1) is 16.0. The van der Waals surface area contributed by atoms with Crippen molar-refractivity contribution >= 4 is 11.8 Å². The normalized spacial score (nSPS) is 25.8. The summed E-state index contributed by atoms with van der Waals surface area (Å²) in [5.41, 5.74) is 7.30. The van der Waals surface area contributed by atoms with E-state index in [0.29, 0.717) is 30.1 Å². The van der Waals surface area contributed by atoms with Crippen LogP contribution >= 0.6 is 0 Å². The fraction of sp³-hybridized carbons (Fsp3) is 0.704. The summed E-state index contributed by atoms with van der Waals surface area (Å²) in [7, 11) is 0. The van der Waals surface area contributed by atoms with Crippen molar-refractivity contribution in [1.82, 2.24) is 9.80 Å². The van der Waals surface area contributed by atoms with Crippen molar-refractivity contribution in [1.29, 1.82) is 0 Å². The van der Waals surface area contributed by atoms with Gasteiger partial charge < -0.3 is 15.7 Å². The molecular weight excluding hydrogens is 414 g/mol. The highest BCUT2D eigenvalue weighted by atomic mass is 16.3. The maximum Gasteiger partial charge on any atom is 0.248 e. The first kappa shape index (κ1) is 24.2. The second-order valence-electron chi connectivity index (χ2n) is 10.5. The summed E-state index contributed by atoms with van der Waals surface area (Å²) >= 11 is 0. The molecule has 2 saturated heterocycles. The maximum absolute atomic E-state index is 12.4. The highest BCUT2D eigenvalue weighted by Crippen LogP contribution is 2.43. The number of hydrogen-bond acceptors (Lipinski definition) is 4. The minimum atomic E-state index is -0.394. The van der Waals surface area contributed by atoms with Gasteiger partial charge in [-0.2, -0.15) is 0 Å². The van der Waals surface area contributed by atoms with E-state index in [1.165, 1.54) is 56.9 Å². The van der Waals surface area contributed by atoms with Gasteiger partial charge in [0.1, 0.15) is 6.61 Å². The van der Waals surface area contributed by atoms with Crippen molar-refractivity contribution in [3.63, 3.8) is 0 Å². The van der Waals surface area contributed by atoms with Gasteiger partial charge in [0.05, 0.1) is 0 Å². The third-order valence-corrected chi connectivity index (χ3v) is 8.41. The number of primary amides is 1. The minimum Gasteiger partial charge on any atom is -0.387 e. The fourth-order valence-corrected chi connectivity index (χ4v) is 6.60. The molecule has 1 aromatic carbocycles. The van der Waals surface area contributed by atoms with E-state index in [4.69, 9.17) is 5.73 Å². The van der Waals surface area contributed by atoms with Crippen LogP contribution in [-0.4, -0.2) is 65.0 Å².